The predicted octanol–water partition coefficient (Wildman–Crippen LogP) is 4.20. The molecule has 216 valence electrons. The first-order valence-electron chi connectivity index (χ1n) is 14.3. The van der Waals surface area contributed by atoms with Crippen molar-refractivity contribution in [2.24, 2.45) is 17.8 Å². The summed E-state index contributed by atoms with van der Waals surface area (Å²) < 4.78 is 28.0. The van der Waals surface area contributed by atoms with Crippen molar-refractivity contribution in [1.82, 2.24) is 10.3 Å². The average molecular weight is 547 g/mol. The lowest BCUT2D eigenvalue weighted by Gasteiger charge is -2.32. The molecule has 3 aliphatic rings. The zero-order valence-electron chi connectivity index (χ0n) is 23.3. The minimum absolute atomic E-state index is 0.0220. The third-order valence-electron chi connectivity index (χ3n) is 7.99. The quantitative estimate of drug-likeness (QED) is 0.321. The standard InChI is InChI=1S/C29H42N2O8/c1-18-26(36-16-21-11-12-21)22(15-20-7-4-5-8-20)9-6-10-23(29(34)39-18)31-28(33)25-27(38-17-37-19(2)32)24(35-3)13-14-30-25/h13-14,18,20-23,26H,4-12,15-17H2,1-3H3,(H,31,33). The predicted molar refractivity (Wildman–Crippen MR) is 141 cm³/mol. The van der Waals surface area contributed by atoms with Crippen molar-refractivity contribution in [2.45, 2.75) is 96.3 Å². The molecule has 4 rings (SSSR count). The Bertz CT molecular complexity index is 991. The fraction of sp³-hybridized carbons (Fsp3) is 0.724. The topological polar surface area (TPSA) is 122 Å². The Hall–Kier alpha value is -2.88. The molecule has 4 atom stereocenters. The van der Waals surface area contributed by atoms with Crippen LogP contribution in [0.3, 0.4) is 0 Å². The van der Waals surface area contributed by atoms with Crippen LogP contribution in [0.1, 0.15) is 88.5 Å². The first kappa shape index (κ1) is 29.1. The third-order valence-corrected chi connectivity index (χ3v) is 7.99. The van der Waals surface area contributed by atoms with Crippen molar-refractivity contribution >= 4 is 17.8 Å². The molecule has 1 amide bonds. The van der Waals surface area contributed by atoms with Crippen LogP contribution in [-0.2, 0) is 23.8 Å². The summed E-state index contributed by atoms with van der Waals surface area (Å²) >= 11 is 0. The summed E-state index contributed by atoms with van der Waals surface area (Å²) in [7, 11) is 1.43. The van der Waals surface area contributed by atoms with Gasteiger partial charge in [-0.25, -0.2) is 9.78 Å². The number of cyclic esters (lactones) is 1. The molecule has 1 aromatic heterocycles. The highest BCUT2D eigenvalue weighted by Crippen LogP contribution is 2.37. The van der Waals surface area contributed by atoms with Gasteiger partial charge in [-0.3, -0.25) is 9.59 Å². The summed E-state index contributed by atoms with van der Waals surface area (Å²) in [6.45, 7) is 3.46. The molecule has 10 nitrogen and oxygen atoms in total. The molecule has 0 aromatic carbocycles. The number of nitrogens with one attached hydrogen (secondary N) is 1. The Balaban J connectivity index is 1.46. The summed E-state index contributed by atoms with van der Waals surface area (Å²) in [6.07, 6.45) is 11.5. The monoisotopic (exact) mass is 546 g/mol. The molecule has 39 heavy (non-hydrogen) atoms. The maximum atomic E-state index is 13.3. The largest absolute Gasteiger partial charge is 0.493 e. The molecule has 1 N–H and O–H groups in total. The minimum atomic E-state index is -0.844. The normalized spacial score (nSPS) is 26.1. The number of carbonyl (C=O) groups excluding carboxylic acids is 3. The van der Waals surface area contributed by atoms with Crippen LogP contribution in [0.15, 0.2) is 12.3 Å². The molecule has 2 heterocycles. The Morgan fingerprint density at radius 2 is 1.85 bits per heavy atom. The number of aromatic nitrogens is 1. The van der Waals surface area contributed by atoms with Crippen LogP contribution in [0.5, 0.6) is 11.5 Å². The molecule has 1 aliphatic heterocycles. The number of methoxy groups -OCH3 is 1. The molecule has 4 unspecified atom stereocenters. The number of amides is 1. The summed E-state index contributed by atoms with van der Waals surface area (Å²) in [6, 6.07) is 0.686. The molecule has 10 heteroatoms. The molecule has 2 aliphatic carbocycles. The number of carbonyl (C=O) groups is 3. The second-order valence-corrected chi connectivity index (χ2v) is 11.1. The van der Waals surface area contributed by atoms with Crippen LogP contribution in [-0.4, -0.2) is 61.6 Å². The Kier molecular flexibility index (Phi) is 10.4. The van der Waals surface area contributed by atoms with E-state index in [9.17, 15) is 14.4 Å². The second-order valence-electron chi connectivity index (χ2n) is 11.1. The minimum Gasteiger partial charge on any atom is -0.493 e. The summed E-state index contributed by atoms with van der Waals surface area (Å²) in [5.41, 5.74) is -0.0769. The zero-order valence-corrected chi connectivity index (χ0v) is 23.3. The number of pyridine rings is 1. The van der Waals surface area contributed by atoms with Gasteiger partial charge in [-0.2, -0.15) is 0 Å². The SMILES string of the molecule is COc1ccnc(C(=O)NC2CCCC(CC3CCCC3)C(OCC3CC3)C(C)OC2=O)c1OCOC(C)=O. The van der Waals surface area contributed by atoms with Crippen molar-refractivity contribution in [2.75, 3.05) is 20.5 Å². The number of ether oxygens (including phenoxy) is 5. The highest BCUT2D eigenvalue weighted by molar-refractivity contribution is 5.98. The maximum Gasteiger partial charge on any atom is 0.329 e. The van der Waals surface area contributed by atoms with E-state index in [-0.39, 0.29) is 23.3 Å². The van der Waals surface area contributed by atoms with Gasteiger partial charge in [-0.1, -0.05) is 32.1 Å². The van der Waals surface area contributed by atoms with E-state index >= 15 is 0 Å². The van der Waals surface area contributed by atoms with Crippen molar-refractivity contribution < 1.29 is 38.1 Å². The molecule has 0 bridgehead atoms. The first-order chi connectivity index (χ1) is 18.9. The van der Waals surface area contributed by atoms with Gasteiger partial charge < -0.3 is 29.0 Å². The lowest BCUT2D eigenvalue weighted by Crippen LogP contribution is -2.44. The van der Waals surface area contributed by atoms with Crippen molar-refractivity contribution in [1.29, 1.82) is 0 Å². The van der Waals surface area contributed by atoms with Crippen molar-refractivity contribution in [3.8, 4) is 11.5 Å². The molecule has 0 radical (unpaired) electrons. The molecular weight excluding hydrogens is 504 g/mol. The van der Waals surface area contributed by atoms with Gasteiger partial charge in [0.05, 0.1) is 13.2 Å². The van der Waals surface area contributed by atoms with E-state index in [2.05, 4.69) is 10.3 Å². The summed E-state index contributed by atoms with van der Waals surface area (Å²) in [5.74, 6) is 0.278. The second kappa shape index (κ2) is 14.0. The molecule has 1 saturated heterocycles. The highest BCUT2D eigenvalue weighted by Gasteiger charge is 2.37. The van der Waals surface area contributed by atoms with Gasteiger partial charge in [0.1, 0.15) is 12.1 Å². The highest BCUT2D eigenvalue weighted by atomic mass is 16.7. The van der Waals surface area contributed by atoms with Gasteiger partial charge in [0.25, 0.3) is 5.91 Å². The van der Waals surface area contributed by atoms with E-state index in [1.165, 1.54) is 64.8 Å². The van der Waals surface area contributed by atoms with E-state index in [0.717, 1.165) is 19.3 Å². The molecule has 0 spiro atoms. The fourth-order valence-electron chi connectivity index (χ4n) is 5.73. The van der Waals surface area contributed by atoms with E-state index in [1.807, 2.05) is 6.92 Å². The van der Waals surface area contributed by atoms with E-state index in [0.29, 0.717) is 30.8 Å². The van der Waals surface area contributed by atoms with Crippen molar-refractivity contribution in [3.63, 3.8) is 0 Å². The molecule has 2 saturated carbocycles. The molecular formula is C29H42N2O8. The average Bonchev–Trinajstić information content (AvgIpc) is 3.59. The van der Waals surface area contributed by atoms with E-state index in [4.69, 9.17) is 23.7 Å². The smallest absolute Gasteiger partial charge is 0.329 e. The first-order valence-corrected chi connectivity index (χ1v) is 14.3. The number of rotatable bonds is 11. The fourth-order valence-corrected chi connectivity index (χ4v) is 5.73. The number of nitrogens with zero attached hydrogens (tertiary/aromatic N) is 1. The zero-order chi connectivity index (χ0) is 27.8. The van der Waals surface area contributed by atoms with Gasteiger partial charge >= 0.3 is 11.9 Å². The number of esters is 2. The maximum absolute atomic E-state index is 13.3. The van der Waals surface area contributed by atoms with Crippen LogP contribution in [0.25, 0.3) is 0 Å². The summed E-state index contributed by atoms with van der Waals surface area (Å²) in [5, 5.41) is 2.79. The molecule has 1 aromatic rings. The third kappa shape index (κ3) is 8.30. The summed E-state index contributed by atoms with van der Waals surface area (Å²) in [4.78, 5) is 41.9. The Labute approximate surface area is 230 Å². The van der Waals surface area contributed by atoms with Gasteiger partial charge in [0.2, 0.25) is 6.79 Å². The lowest BCUT2D eigenvalue weighted by atomic mass is 9.83. The number of hydrogen-bond acceptors (Lipinski definition) is 9. The van der Waals surface area contributed by atoms with Gasteiger partial charge in [0, 0.05) is 25.8 Å². The van der Waals surface area contributed by atoms with Crippen LogP contribution in [0.4, 0.5) is 0 Å². The number of hydrogen-bond donors (Lipinski definition) is 1. The van der Waals surface area contributed by atoms with Gasteiger partial charge in [-0.05, 0) is 56.8 Å². The van der Waals surface area contributed by atoms with Crippen LogP contribution >= 0.6 is 0 Å². The van der Waals surface area contributed by atoms with Crippen LogP contribution in [0.2, 0.25) is 0 Å². The van der Waals surface area contributed by atoms with Gasteiger partial charge in [0.15, 0.2) is 17.2 Å². The Morgan fingerprint density at radius 3 is 2.54 bits per heavy atom. The lowest BCUT2D eigenvalue weighted by molar-refractivity contribution is -0.161. The van der Waals surface area contributed by atoms with Gasteiger partial charge in [-0.15, -0.1) is 0 Å². The van der Waals surface area contributed by atoms with Crippen molar-refractivity contribution in [3.05, 3.63) is 18.0 Å². The molecule has 3 fully saturated rings. The van der Waals surface area contributed by atoms with Crippen LogP contribution in [0, 0.1) is 17.8 Å². The van der Waals surface area contributed by atoms with Crippen LogP contribution < -0.4 is 14.8 Å². The Morgan fingerprint density at radius 1 is 1.08 bits per heavy atom. The van der Waals surface area contributed by atoms with E-state index in [1.54, 1.807) is 0 Å². The van der Waals surface area contributed by atoms with E-state index < -0.39 is 36.8 Å².